The molecule has 0 spiro atoms. The monoisotopic (exact) mass is 215 g/mol. The van der Waals surface area contributed by atoms with Gasteiger partial charge in [0.25, 0.3) is 0 Å². The standard InChI is InChI=1S/C12H11NO.Al.3H/c13-11-5-1-9(2-6-11)10-3-7-12(14)8-4-10;;;;/h1-8,14H,13H2;;;;. The molecular weight excluding hydrogens is 201 g/mol. The van der Waals surface area contributed by atoms with Gasteiger partial charge in [0.2, 0.25) is 0 Å². The van der Waals surface area contributed by atoms with Crippen molar-refractivity contribution in [3.05, 3.63) is 48.5 Å². The van der Waals surface area contributed by atoms with Crippen LogP contribution in [0.4, 0.5) is 5.69 Å². The molecule has 0 aliphatic heterocycles. The van der Waals surface area contributed by atoms with Crippen LogP contribution in [0.1, 0.15) is 0 Å². The minimum atomic E-state index is 0. The molecule has 2 rings (SSSR count). The first-order valence-electron chi connectivity index (χ1n) is 4.41. The summed E-state index contributed by atoms with van der Waals surface area (Å²) < 4.78 is 0. The smallest absolute Gasteiger partial charge is 0.187 e. The Labute approximate surface area is 99.5 Å². The van der Waals surface area contributed by atoms with Gasteiger partial charge in [-0.3, -0.25) is 0 Å². The zero-order valence-corrected chi connectivity index (χ0v) is 7.64. The van der Waals surface area contributed by atoms with E-state index in [2.05, 4.69) is 0 Å². The fourth-order valence-electron chi connectivity index (χ4n) is 1.33. The highest BCUT2D eigenvalue weighted by atomic mass is 27.0. The minimum Gasteiger partial charge on any atom is -0.508 e. The van der Waals surface area contributed by atoms with Crippen LogP contribution in [0.25, 0.3) is 11.1 Å². The molecule has 0 unspecified atom stereocenters. The van der Waals surface area contributed by atoms with Crippen molar-refractivity contribution in [2.75, 3.05) is 5.73 Å². The fourth-order valence-corrected chi connectivity index (χ4v) is 1.33. The molecule has 2 aromatic carbocycles. The summed E-state index contributed by atoms with van der Waals surface area (Å²) in [5.74, 6) is 0.282. The lowest BCUT2D eigenvalue weighted by Gasteiger charge is -2.01. The topological polar surface area (TPSA) is 46.2 Å². The number of phenolic OH excluding ortho intramolecular Hbond substituents is 1. The molecule has 0 aliphatic rings. The number of anilines is 1. The van der Waals surface area contributed by atoms with E-state index in [-0.39, 0.29) is 23.1 Å². The van der Waals surface area contributed by atoms with Gasteiger partial charge >= 0.3 is 0 Å². The number of hydrogen-bond acceptors (Lipinski definition) is 2. The maximum absolute atomic E-state index is 9.13. The van der Waals surface area contributed by atoms with E-state index in [4.69, 9.17) is 10.8 Å². The molecule has 0 atom stereocenters. The van der Waals surface area contributed by atoms with Crippen LogP contribution < -0.4 is 5.73 Å². The van der Waals surface area contributed by atoms with Crippen molar-refractivity contribution in [1.29, 1.82) is 0 Å². The summed E-state index contributed by atoms with van der Waals surface area (Å²) in [6.07, 6.45) is 0. The highest BCUT2D eigenvalue weighted by molar-refractivity contribution is 5.75. The van der Waals surface area contributed by atoms with Crippen molar-refractivity contribution < 1.29 is 5.11 Å². The normalized spacial score (nSPS) is 9.33. The largest absolute Gasteiger partial charge is 0.508 e. The number of nitrogens with two attached hydrogens (primary N) is 1. The Bertz CT molecular complexity index is 379. The van der Waals surface area contributed by atoms with Gasteiger partial charge in [0.15, 0.2) is 17.4 Å². The molecule has 3 heteroatoms. The first kappa shape index (κ1) is 11.6. The fraction of sp³-hybridized carbons (Fsp3) is 0. The summed E-state index contributed by atoms with van der Waals surface area (Å²) in [6, 6.07) is 14.7. The molecule has 0 bridgehead atoms. The second-order valence-electron chi connectivity index (χ2n) is 3.17. The van der Waals surface area contributed by atoms with Crippen LogP contribution in [-0.4, -0.2) is 22.5 Å². The van der Waals surface area contributed by atoms with E-state index >= 15 is 0 Å². The predicted octanol–water partition coefficient (Wildman–Crippen LogP) is 1.46. The number of phenols is 1. The van der Waals surface area contributed by atoms with Crippen molar-refractivity contribution in [3.63, 3.8) is 0 Å². The van der Waals surface area contributed by atoms with E-state index in [1.807, 2.05) is 36.4 Å². The highest BCUT2D eigenvalue weighted by Gasteiger charge is 1.96. The third kappa shape index (κ3) is 2.76. The number of benzene rings is 2. The maximum Gasteiger partial charge on any atom is 0.187 e. The Morgan fingerprint density at radius 3 is 1.60 bits per heavy atom. The molecule has 0 saturated heterocycles. The summed E-state index contributed by atoms with van der Waals surface area (Å²) in [5.41, 5.74) is 8.51. The molecule has 0 radical (unpaired) electrons. The molecule has 2 aromatic rings. The Hall–Kier alpha value is -1.43. The number of rotatable bonds is 1. The van der Waals surface area contributed by atoms with Gasteiger partial charge in [-0.2, -0.15) is 0 Å². The summed E-state index contributed by atoms with van der Waals surface area (Å²) in [6.45, 7) is 0. The summed E-state index contributed by atoms with van der Waals surface area (Å²) >= 11 is 0. The number of aromatic hydroxyl groups is 1. The number of nitrogen functional groups attached to an aromatic ring is 1. The quantitative estimate of drug-likeness (QED) is 0.558. The average molecular weight is 215 g/mol. The van der Waals surface area contributed by atoms with Gasteiger partial charge in [-0.1, -0.05) is 24.3 Å². The Morgan fingerprint density at radius 1 is 0.733 bits per heavy atom. The van der Waals surface area contributed by atoms with Gasteiger partial charge < -0.3 is 10.8 Å². The van der Waals surface area contributed by atoms with Gasteiger partial charge in [-0.25, -0.2) is 0 Å². The molecule has 0 aliphatic carbocycles. The van der Waals surface area contributed by atoms with E-state index in [9.17, 15) is 0 Å². The second kappa shape index (κ2) is 4.88. The van der Waals surface area contributed by atoms with Gasteiger partial charge in [-0.15, -0.1) is 0 Å². The van der Waals surface area contributed by atoms with Crippen LogP contribution in [0.3, 0.4) is 0 Å². The Balaban J connectivity index is 0.00000112. The second-order valence-corrected chi connectivity index (χ2v) is 3.17. The molecule has 0 heterocycles. The molecular formula is C12H14AlNO. The zero-order valence-electron chi connectivity index (χ0n) is 7.64. The van der Waals surface area contributed by atoms with Gasteiger partial charge in [0, 0.05) is 5.69 Å². The predicted molar refractivity (Wildman–Crippen MR) is 67.9 cm³/mol. The average Bonchev–Trinajstić information content (AvgIpc) is 2.21. The third-order valence-electron chi connectivity index (χ3n) is 2.11. The van der Waals surface area contributed by atoms with E-state index in [0.717, 1.165) is 16.8 Å². The summed E-state index contributed by atoms with van der Waals surface area (Å²) in [5, 5.41) is 9.13. The van der Waals surface area contributed by atoms with E-state index in [0.29, 0.717) is 0 Å². The van der Waals surface area contributed by atoms with E-state index in [1.54, 1.807) is 12.1 Å². The van der Waals surface area contributed by atoms with E-state index < -0.39 is 0 Å². The lowest BCUT2D eigenvalue weighted by atomic mass is 10.1. The first-order valence-corrected chi connectivity index (χ1v) is 4.41. The summed E-state index contributed by atoms with van der Waals surface area (Å²) in [7, 11) is 0. The van der Waals surface area contributed by atoms with Crippen molar-refractivity contribution in [2.45, 2.75) is 0 Å². The van der Waals surface area contributed by atoms with Crippen LogP contribution >= 0.6 is 0 Å². The van der Waals surface area contributed by atoms with Crippen molar-refractivity contribution in [2.24, 2.45) is 0 Å². The van der Waals surface area contributed by atoms with Crippen LogP contribution in [0.15, 0.2) is 48.5 Å². The van der Waals surface area contributed by atoms with Crippen LogP contribution in [-0.2, 0) is 0 Å². The Morgan fingerprint density at radius 2 is 1.13 bits per heavy atom. The van der Waals surface area contributed by atoms with Crippen LogP contribution in [0.2, 0.25) is 0 Å². The minimum absolute atomic E-state index is 0. The molecule has 0 fully saturated rings. The maximum atomic E-state index is 9.13. The van der Waals surface area contributed by atoms with Gasteiger partial charge in [0.05, 0.1) is 0 Å². The Kier molecular flexibility index (Phi) is 3.79. The molecule has 0 aromatic heterocycles. The van der Waals surface area contributed by atoms with Crippen molar-refractivity contribution in [3.8, 4) is 16.9 Å². The lowest BCUT2D eigenvalue weighted by Crippen LogP contribution is -1.83. The van der Waals surface area contributed by atoms with Crippen molar-refractivity contribution in [1.82, 2.24) is 0 Å². The highest BCUT2D eigenvalue weighted by Crippen LogP contribution is 2.22. The lowest BCUT2D eigenvalue weighted by molar-refractivity contribution is 0.475. The SMILES string of the molecule is Nc1ccc(-c2ccc(O)cc2)cc1.[AlH3]. The van der Waals surface area contributed by atoms with Crippen LogP contribution in [0.5, 0.6) is 5.75 Å². The van der Waals surface area contributed by atoms with Gasteiger partial charge in [0.1, 0.15) is 5.75 Å². The molecule has 76 valence electrons. The number of hydrogen-bond donors (Lipinski definition) is 2. The van der Waals surface area contributed by atoms with Crippen molar-refractivity contribution >= 4 is 23.0 Å². The molecule has 0 amide bonds. The van der Waals surface area contributed by atoms with Crippen LogP contribution in [0, 0.1) is 0 Å². The molecule has 0 saturated carbocycles. The molecule has 2 nitrogen and oxygen atoms in total. The zero-order chi connectivity index (χ0) is 9.97. The van der Waals surface area contributed by atoms with Gasteiger partial charge in [-0.05, 0) is 35.4 Å². The molecule has 3 N–H and O–H groups in total. The third-order valence-corrected chi connectivity index (χ3v) is 2.11. The summed E-state index contributed by atoms with van der Waals surface area (Å²) in [4.78, 5) is 0. The molecule has 15 heavy (non-hydrogen) atoms. The first-order chi connectivity index (χ1) is 6.75. The van der Waals surface area contributed by atoms with E-state index in [1.165, 1.54) is 0 Å².